The van der Waals surface area contributed by atoms with Crippen molar-refractivity contribution in [3.63, 3.8) is 0 Å². The third kappa shape index (κ3) is 1.42. The van der Waals surface area contributed by atoms with E-state index in [9.17, 15) is 4.79 Å². The van der Waals surface area contributed by atoms with Crippen molar-refractivity contribution < 1.29 is 14.4 Å². The van der Waals surface area contributed by atoms with E-state index in [4.69, 9.17) is 5.11 Å². The van der Waals surface area contributed by atoms with Crippen LogP contribution in [0.2, 0.25) is 0 Å². The van der Waals surface area contributed by atoms with E-state index in [1.807, 2.05) is 0 Å². The lowest BCUT2D eigenvalue weighted by atomic mass is 10.5. The molecule has 1 N–H and O–H groups in total. The minimum Gasteiger partial charge on any atom is -0.474 e. The number of hydrogen-bond donors (Lipinski definition) is 1. The molecule has 0 atom stereocenters. The predicted octanol–water partition coefficient (Wildman–Crippen LogP) is 0.225. The quantitative estimate of drug-likeness (QED) is 0.726. The van der Waals surface area contributed by atoms with Crippen LogP contribution in [0.25, 0.3) is 11.6 Å². The molecule has 70 valence electrons. The summed E-state index contributed by atoms with van der Waals surface area (Å²) in [6.45, 7) is 0. The highest BCUT2D eigenvalue weighted by Gasteiger charge is 2.15. The second-order valence-electron chi connectivity index (χ2n) is 2.30. The van der Waals surface area contributed by atoms with Crippen LogP contribution >= 0.6 is 0 Å². The molecular formula is C7H4N4O3. The van der Waals surface area contributed by atoms with Gasteiger partial charge in [0.15, 0.2) is 0 Å². The van der Waals surface area contributed by atoms with Gasteiger partial charge in [0.1, 0.15) is 0 Å². The fourth-order valence-electron chi connectivity index (χ4n) is 0.816. The van der Waals surface area contributed by atoms with Crippen LogP contribution < -0.4 is 0 Å². The number of rotatable bonds is 2. The van der Waals surface area contributed by atoms with Crippen molar-refractivity contribution in [3.05, 3.63) is 24.4 Å². The molecule has 0 saturated carbocycles. The van der Waals surface area contributed by atoms with Gasteiger partial charge in [-0.1, -0.05) is 5.16 Å². The maximum atomic E-state index is 10.4. The van der Waals surface area contributed by atoms with Crippen LogP contribution in [-0.4, -0.2) is 31.2 Å². The van der Waals surface area contributed by atoms with Crippen LogP contribution in [0.3, 0.4) is 0 Å². The Bertz CT molecular complexity index is 453. The molecular weight excluding hydrogens is 188 g/mol. The molecule has 0 aliphatic rings. The molecule has 2 aromatic rings. The Balaban J connectivity index is 2.39. The van der Waals surface area contributed by atoms with Crippen LogP contribution in [0, 0.1) is 0 Å². The van der Waals surface area contributed by atoms with Crippen LogP contribution in [0.4, 0.5) is 0 Å². The van der Waals surface area contributed by atoms with Crippen LogP contribution in [-0.2, 0) is 0 Å². The van der Waals surface area contributed by atoms with Crippen molar-refractivity contribution in [2.24, 2.45) is 0 Å². The number of carboxylic acid groups (broad SMARTS) is 1. The van der Waals surface area contributed by atoms with Gasteiger partial charge < -0.3 is 9.63 Å². The maximum Gasteiger partial charge on any atom is 0.394 e. The molecule has 0 bridgehead atoms. The Morgan fingerprint density at radius 1 is 1.29 bits per heavy atom. The molecule has 0 aliphatic carbocycles. The lowest BCUT2D eigenvalue weighted by Gasteiger charge is -1.87. The molecule has 0 unspecified atom stereocenters. The Morgan fingerprint density at radius 3 is 2.57 bits per heavy atom. The molecule has 0 saturated heterocycles. The van der Waals surface area contributed by atoms with Gasteiger partial charge in [-0.15, -0.1) is 0 Å². The number of aromatic nitrogens is 4. The van der Waals surface area contributed by atoms with Crippen molar-refractivity contribution in [1.29, 1.82) is 0 Å². The number of aromatic carboxylic acids is 1. The molecule has 7 heteroatoms. The molecule has 0 fully saturated rings. The zero-order valence-electron chi connectivity index (χ0n) is 6.78. The van der Waals surface area contributed by atoms with E-state index in [0.29, 0.717) is 0 Å². The van der Waals surface area contributed by atoms with E-state index in [1.165, 1.54) is 12.4 Å². The molecule has 2 heterocycles. The number of hydrogen-bond acceptors (Lipinski definition) is 6. The second kappa shape index (κ2) is 3.21. The fraction of sp³-hybridized carbons (Fsp3) is 0. The van der Waals surface area contributed by atoms with E-state index in [-0.39, 0.29) is 11.6 Å². The minimum atomic E-state index is -1.28. The van der Waals surface area contributed by atoms with Crippen LogP contribution in [0.15, 0.2) is 23.0 Å². The van der Waals surface area contributed by atoms with Gasteiger partial charge in [-0.25, -0.2) is 14.8 Å². The summed E-state index contributed by atoms with van der Waals surface area (Å²) in [7, 11) is 0. The third-order valence-electron chi connectivity index (χ3n) is 1.37. The van der Waals surface area contributed by atoms with Crippen LogP contribution in [0.5, 0.6) is 0 Å². The number of carbonyl (C=O) groups is 1. The van der Waals surface area contributed by atoms with Gasteiger partial charge in [0.2, 0.25) is 11.6 Å². The molecule has 2 rings (SSSR count). The van der Waals surface area contributed by atoms with Gasteiger partial charge in [0.25, 0.3) is 0 Å². The van der Waals surface area contributed by atoms with Gasteiger partial charge in [-0.3, -0.25) is 0 Å². The highest BCUT2D eigenvalue weighted by atomic mass is 16.5. The van der Waals surface area contributed by atoms with E-state index in [1.54, 1.807) is 6.07 Å². The molecule has 0 aliphatic heterocycles. The zero-order chi connectivity index (χ0) is 9.97. The summed E-state index contributed by atoms with van der Waals surface area (Å²) in [6.07, 6.45) is 3.00. The summed E-state index contributed by atoms with van der Waals surface area (Å²) in [4.78, 5) is 21.7. The molecule has 2 aromatic heterocycles. The average molecular weight is 192 g/mol. The summed E-state index contributed by atoms with van der Waals surface area (Å²) in [5, 5.41) is 11.9. The third-order valence-corrected chi connectivity index (χ3v) is 1.37. The highest BCUT2D eigenvalue weighted by Crippen LogP contribution is 2.08. The summed E-state index contributed by atoms with van der Waals surface area (Å²) in [5.41, 5.74) is 0. The summed E-state index contributed by atoms with van der Waals surface area (Å²) < 4.78 is 4.44. The molecule has 0 radical (unpaired) electrons. The summed E-state index contributed by atoms with van der Waals surface area (Å²) in [6, 6.07) is 1.63. The fourth-order valence-corrected chi connectivity index (χ4v) is 0.816. The van der Waals surface area contributed by atoms with Gasteiger partial charge in [-0.05, 0) is 6.07 Å². The smallest absolute Gasteiger partial charge is 0.394 e. The summed E-state index contributed by atoms with van der Waals surface area (Å²) >= 11 is 0. The van der Waals surface area contributed by atoms with Crippen LogP contribution in [0.1, 0.15) is 10.7 Å². The predicted molar refractivity (Wildman–Crippen MR) is 42.3 cm³/mol. The lowest BCUT2D eigenvalue weighted by Crippen LogP contribution is -1.96. The van der Waals surface area contributed by atoms with E-state index in [0.717, 1.165) is 0 Å². The van der Waals surface area contributed by atoms with Gasteiger partial charge >= 0.3 is 11.9 Å². The lowest BCUT2D eigenvalue weighted by molar-refractivity contribution is 0.0643. The van der Waals surface area contributed by atoms with Gasteiger partial charge in [0.05, 0.1) is 0 Å². The van der Waals surface area contributed by atoms with Crippen molar-refractivity contribution in [2.45, 2.75) is 0 Å². The monoisotopic (exact) mass is 192 g/mol. The summed E-state index contributed by atoms with van der Waals surface area (Å²) in [5.74, 6) is -1.47. The Labute approximate surface area is 77.4 Å². The van der Waals surface area contributed by atoms with Crippen molar-refractivity contribution >= 4 is 5.97 Å². The number of carboxylic acids is 1. The second-order valence-corrected chi connectivity index (χ2v) is 2.30. The molecule has 0 aromatic carbocycles. The molecule has 0 spiro atoms. The Hall–Kier alpha value is -2.31. The van der Waals surface area contributed by atoms with Crippen molar-refractivity contribution in [1.82, 2.24) is 20.1 Å². The SMILES string of the molecule is O=C(O)c1nc(-c2ncccn2)no1. The molecule has 0 amide bonds. The first-order chi connectivity index (χ1) is 6.77. The minimum absolute atomic E-state index is 0.0583. The van der Waals surface area contributed by atoms with Crippen molar-refractivity contribution in [3.8, 4) is 11.6 Å². The van der Waals surface area contributed by atoms with Gasteiger partial charge in [-0.2, -0.15) is 4.98 Å². The van der Waals surface area contributed by atoms with Gasteiger partial charge in [0, 0.05) is 12.4 Å². The standard InChI is InChI=1S/C7H4N4O3/c12-7(13)6-10-5(11-14-6)4-8-2-1-3-9-4/h1-3H,(H,12,13). The zero-order valence-corrected chi connectivity index (χ0v) is 6.78. The van der Waals surface area contributed by atoms with E-state index in [2.05, 4.69) is 24.6 Å². The normalized spacial score (nSPS) is 10.0. The first kappa shape index (κ1) is 8.30. The largest absolute Gasteiger partial charge is 0.474 e. The molecule has 7 nitrogen and oxygen atoms in total. The van der Waals surface area contributed by atoms with E-state index < -0.39 is 11.9 Å². The first-order valence-corrected chi connectivity index (χ1v) is 3.62. The highest BCUT2D eigenvalue weighted by molar-refractivity contribution is 5.82. The Morgan fingerprint density at radius 2 is 2.00 bits per heavy atom. The molecule has 14 heavy (non-hydrogen) atoms. The first-order valence-electron chi connectivity index (χ1n) is 3.62. The number of nitrogens with zero attached hydrogens (tertiary/aromatic N) is 4. The average Bonchev–Trinajstić information content (AvgIpc) is 2.68. The van der Waals surface area contributed by atoms with E-state index >= 15 is 0 Å². The van der Waals surface area contributed by atoms with Crippen molar-refractivity contribution in [2.75, 3.05) is 0 Å². The Kier molecular flexibility index (Phi) is 1.90. The topological polar surface area (TPSA) is 102 Å². The maximum absolute atomic E-state index is 10.4.